The molecule has 73 heavy (non-hydrogen) atoms. The van der Waals surface area contributed by atoms with E-state index < -0.39 is 5.41 Å². The van der Waals surface area contributed by atoms with Crippen molar-refractivity contribution in [3.63, 3.8) is 0 Å². The standard InChI is InChI=1S/C30H44O5.C29H42O5.4CH4/c1-4-30(2,3)29(32)35-24-13-18-12-23(24)26-21-10-17(25(18)26)11-22(21)28(31)34-14-33-27-19-6-15-5-16(8-19)9-20(27)7-15;1-3-14(2)28(30)34-24-12-18-11-23(24)26-21-9-17(25(18)26)10-22(21)29(31)33-13-32-27-19-5-15-4-16(7-19)8-20(27)6-15;;;;/h15-27H,4-14H2,1-3H3;14-27H,3-13H2,1-2H3;4*1H4. The zero-order chi connectivity index (χ0) is 47.2. The third-order valence-corrected chi connectivity index (χ3v) is 24.3. The van der Waals surface area contributed by atoms with Crippen molar-refractivity contribution in [2.75, 3.05) is 13.6 Å². The Morgan fingerprint density at radius 1 is 0.452 bits per heavy atom. The van der Waals surface area contributed by atoms with Gasteiger partial charge < -0.3 is 28.4 Å². The van der Waals surface area contributed by atoms with Crippen molar-refractivity contribution in [3.8, 4) is 0 Å². The quantitative estimate of drug-likeness (QED) is 0.0719. The lowest BCUT2D eigenvalue weighted by Gasteiger charge is -2.53. The fraction of sp³-hybridized carbons (Fsp3) is 0.937. The highest BCUT2D eigenvalue weighted by molar-refractivity contribution is 5.76. The van der Waals surface area contributed by atoms with E-state index in [0.717, 1.165) is 74.0 Å². The summed E-state index contributed by atoms with van der Waals surface area (Å²) in [6.45, 7) is 10.3. The number of rotatable bonds is 14. The fourth-order valence-corrected chi connectivity index (χ4v) is 21.6. The molecule has 17 unspecified atom stereocenters. The van der Waals surface area contributed by atoms with E-state index in [1.807, 2.05) is 27.7 Å². The van der Waals surface area contributed by atoms with E-state index in [2.05, 4.69) is 6.92 Å². The molecule has 0 N–H and O–H groups in total. The second-order valence-corrected chi connectivity index (χ2v) is 27.9. The first-order chi connectivity index (χ1) is 33.3. The topological polar surface area (TPSA) is 124 Å². The van der Waals surface area contributed by atoms with Crippen molar-refractivity contribution >= 4 is 23.9 Å². The molecule has 0 aromatic carbocycles. The van der Waals surface area contributed by atoms with E-state index >= 15 is 0 Å². The Balaban J connectivity index is 0.000000170. The first-order valence-corrected chi connectivity index (χ1v) is 29.3. The molecule has 414 valence electrons. The third-order valence-electron chi connectivity index (χ3n) is 24.3. The first kappa shape index (κ1) is 55.6. The maximum atomic E-state index is 13.2. The molecule has 0 spiro atoms. The van der Waals surface area contributed by atoms with Crippen LogP contribution in [0.2, 0.25) is 0 Å². The Labute approximate surface area is 442 Å². The molecule has 10 heteroatoms. The van der Waals surface area contributed by atoms with Crippen molar-refractivity contribution in [1.82, 2.24) is 0 Å². The number of carbonyl (C=O) groups excluding carboxylic acids is 4. The van der Waals surface area contributed by atoms with Crippen LogP contribution in [0.5, 0.6) is 0 Å². The minimum atomic E-state index is -0.417. The van der Waals surface area contributed by atoms with Crippen LogP contribution in [-0.4, -0.2) is 61.9 Å². The van der Waals surface area contributed by atoms with Crippen LogP contribution in [-0.2, 0) is 47.6 Å². The molecule has 0 saturated heterocycles. The highest BCUT2D eigenvalue weighted by atomic mass is 16.7. The summed E-state index contributed by atoms with van der Waals surface area (Å²) in [5.41, 5.74) is -0.417. The Morgan fingerprint density at radius 2 is 0.822 bits per heavy atom. The van der Waals surface area contributed by atoms with Gasteiger partial charge in [0.2, 0.25) is 0 Å². The molecule has 16 fully saturated rings. The van der Waals surface area contributed by atoms with Crippen LogP contribution in [0.15, 0.2) is 0 Å². The molecule has 0 aliphatic heterocycles. The maximum Gasteiger partial charge on any atom is 0.311 e. The van der Waals surface area contributed by atoms with E-state index in [-0.39, 0.29) is 97.1 Å². The van der Waals surface area contributed by atoms with Gasteiger partial charge in [-0.25, -0.2) is 0 Å². The average molecular weight is 1020 g/mol. The molecule has 10 nitrogen and oxygen atoms in total. The molecule has 16 aliphatic carbocycles. The van der Waals surface area contributed by atoms with Gasteiger partial charge in [0.1, 0.15) is 12.2 Å². The molecule has 0 amide bonds. The Bertz CT molecular complexity index is 1940. The van der Waals surface area contributed by atoms with Crippen molar-refractivity contribution in [2.45, 2.75) is 217 Å². The normalized spacial score (nSPS) is 48.5. The van der Waals surface area contributed by atoms with Gasteiger partial charge in [-0.1, -0.05) is 50.5 Å². The van der Waals surface area contributed by atoms with Gasteiger partial charge >= 0.3 is 23.9 Å². The van der Waals surface area contributed by atoms with E-state index in [1.165, 1.54) is 89.9 Å². The maximum absolute atomic E-state index is 13.2. The minimum absolute atomic E-state index is 0. The Morgan fingerprint density at radius 3 is 1.21 bits per heavy atom. The molecule has 17 atom stereocenters. The zero-order valence-corrected chi connectivity index (χ0v) is 42.7. The molecular weight excluding hydrogens is 917 g/mol. The Hall–Kier alpha value is -2.20. The third kappa shape index (κ3) is 9.40. The summed E-state index contributed by atoms with van der Waals surface area (Å²) in [6, 6.07) is 0. The summed E-state index contributed by atoms with van der Waals surface area (Å²) < 4.78 is 36.3. The number of hydrogen-bond donors (Lipinski definition) is 0. The van der Waals surface area contributed by atoms with Crippen LogP contribution in [0.3, 0.4) is 0 Å². The van der Waals surface area contributed by atoms with E-state index in [4.69, 9.17) is 28.4 Å². The van der Waals surface area contributed by atoms with Gasteiger partial charge in [-0.3, -0.25) is 19.2 Å². The fourth-order valence-electron chi connectivity index (χ4n) is 21.6. The monoisotopic (exact) mass is 1020 g/mol. The van der Waals surface area contributed by atoms with Crippen LogP contribution in [0.1, 0.15) is 193 Å². The van der Waals surface area contributed by atoms with E-state index in [1.54, 1.807) is 0 Å². The minimum Gasteiger partial charge on any atom is -0.462 e. The average Bonchev–Trinajstić information content (AvgIpc) is 4.21. The molecule has 16 bridgehead atoms. The van der Waals surface area contributed by atoms with Gasteiger partial charge in [-0.2, -0.15) is 0 Å². The van der Waals surface area contributed by atoms with Crippen molar-refractivity contribution in [1.29, 1.82) is 0 Å². The molecule has 0 radical (unpaired) electrons. The predicted molar refractivity (Wildman–Crippen MR) is 282 cm³/mol. The molecular formula is C63H102O10. The number of esters is 4. The number of ether oxygens (including phenoxy) is 6. The van der Waals surface area contributed by atoms with E-state index in [0.29, 0.717) is 95.1 Å². The molecule has 16 rings (SSSR count). The number of carbonyl (C=O) groups is 4. The molecule has 0 aromatic heterocycles. The van der Waals surface area contributed by atoms with Crippen LogP contribution in [0, 0.1) is 142 Å². The van der Waals surface area contributed by atoms with Crippen molar-refractivity contribution in [3.05, 3.63) is 0 Å². The summed E-state index contributed by atoms with van der Waals surface area (Å²) in [5, 5.41) is 0. The first-order valence-electron chi connectivity index (χ1n) is 29.3. The van der Waals surface area contributed by atoms with Gasteiger partial charge in [0.05, 0.1) is 35.4 Å². The summed E-state index contributed by atoms with van der Waals surface area (Å²) in [5.74, 6) is 13.4. The van der Waals surface area contributed by atoms with Gasteiger partial charge in [-0.05, 0) is 261 Å². The van der Waals surface area contributed by atoms with Gasteiger partial charge in [-0.15, -0.1) is 0 Å². The van der Waals surface area contributed by atoms with Gasteiger partial charge in [0.15, 0.2) is 13.6 Å². The molecule has 0 heterocycles. The lowest BCUT2D eigenvalue weighted by molar-refractivity contribution is -0.192. The Kier molecular flexibility index (Phi) is 16.1. The second-order valence-electron chi connectivity index (χ2n) is 27.9. The SMILES string of the molecule is C.C.C.C.CCC(C)(C)C(=O)OC1CC2CC1C1C3CC(CC3C(=O)OCOC3C4CC5CC(C4)CC3C5)C21.CCC(C)C(=O)OC1CC2CC1C1C3CC(CC3C(=O)OCOC3C4CC5CC(C4)CC3C5)C21. The van der Waals surface area contributed by atoms with Crippen molar-refractivity contribution in [2.24, 2.45) is 142 Å². The van der Waals surface area contributed by atoms with Gasteiger partial charge in [0, 0.05) is 0 Å². The zero-order valence-electron chi connectivity index (χ0n) is 42.7. The summed E-state index contributed by atoms with van der Waals surface area (Å²) in [6.07, 6.45) is 24.7. The van der Waals surface area contributed by atoms with Crippen LogP contribution in [0.4, 0.5) is 0 Å². The van der Waals surface area contributed by atoms with Crippen molar-refractivity contribution < 1.29 is 47.6 Å². The highest BCUT2D eigenvalue weighted by Gasteiger charge is 2.68. The summed E-state index contributed by atoms with van der Waals surface area (Å²) >= 11 is 0. The largest absolute Gasteiger partial charge is 0.462 e. The lowest BCUT2D eigenvalue weighted by Crippen LogP contribution is -2.49. The summed E-state index contributed by atoms with van der Waals surface area (Å²) in [7, 11) is 0. The molecule has 0 aromatic rings. The van der Waals surface area contributed by atoms with Crippen LogP contribution in [0.25, 0.3) is 0 Å². The van der Waals surface area contributed by atoms with Crippen LogP contribution >= 0.6 is 0 Å². The second kappa shape index (κ2) is 21.2. The number of fused-ring (bicyclic) bond motifs is 18. The highest BCUT2D eigenvalue weighted by Crippen LogP contribution is 2.71. The van der Waals surface area contributed by atoms with Gasteiger partial charge in [0.25, 0.3) is 0 Å². The molecule has 16 aliphatic rings. The summed E-state index contributed by atoms with van der Waals surface area (Å²) in [4.78, 5) is 51.6. The van der Waals surface area contributed by atoms with E-state index in [9.17, 15) is 19.2 Å². The number of hydrogen-bond acceptors (Lipinski definition) is 10. The smallest absolute Gasteiger partial charge is 0.311 e. The van der Waals surface area contributed by atoms with Crippen LogP contribution < -0.4 is 0 Å². The predicted octanol–water partition coefficient (Wildman–Crippen LogP) is 13.4. The molecule has 16 saturated carbocycles. The lowest BCUT2D eigenvalue weighted by atomic mass is 9.55.